The predicted molar refractivity (Wildman–Crippen MR) is 42.4 cm³/mol. The summed E-state index contributed by atoms with van der Waals surface area (Å²) in [5, 5.41) is 11.4. The fraction of sp³-hybridized carbons (Fsp3) is 0.875. The first-order valence-corrected chi connectivity index (χ1v) is 4.22. The summed E-state index contributed by atoms with van der Waals surface area (Å²) in [6, 6.07) is -0.0814. The number of hydrogen-bond donors (Lipinski definition) is 2. The molecule has 12 heavy (non-hydrogen) atoms. The van der Waals surface area contributed by atoms with E-state index < -0.39 is 18.2 Å². The number of alkyl halides is 1. The Kier molecular flexibility index (Phi) is 3.03. The van der Waals surface area contributed by atoms with Gasteiger partial charge < -0.3 is 10.4 Å². The van der Waals surface area contributed by atoms with E-state index in [1.807, 2.05) is 0 Å². The van der Waals surface area contributed by atoms with E-state index in [0.29, 0.717) is 19.3 Å². The maximum Gasteiger partial charge on any atom is 0.248 e. The van der Waals surface area contributed by atoms with Crippen LogP contribution in [0.3, 0.4) is 0 Å². The number of aliphatic hydroxyl groups is 1. The van der Waals surface area contributed by atoms with Crippen LogP contribution in [0.5, 0.6) is 0 Å². The van der Waals surface area contributed by atoms with Gasteiger partial charge in [-0.25, -0.2) is 4.39 Å². The molecule has 0 saturated heterocycles. The van der Waals surface area contributed by atoms with Gasteiger partial charge >= 0.3 is 0 Å². The molecule has 0 aromatic heterocycles. The monoisotopic (exact) mass is 175 g/mol. The van der Waals surface area contributed by atoms with Crippen molar-refractivity contribution < 1.29 is 14.3 Å². The number of nitrogens with one attached hydrogen (secondary N) is 1. The Bertz CT molecular complexity index is 172. The zero-order valence-corrected chi connectivity index (χ0v) is 7.09. The van der Waals surface area contributed by atoms with Gasteiger partial charge in [-0.05, 0) is 26.2 Å². The van der Waals surface area contributed by atoms with E-state index in [0.717, 1.165) is 0 Å². The highest BCUT2D eigenvalue weighted by Crippen LogP contribution is 2.21. The van der Waals surface area contributed by atoms with E-state index in [1.54, 1.807) is 0 Å². The zero-order valence-electron chi connectivity index (χ0n) is 7.09. The quantitative estimate of drug-likeness (QED) is 0.637. The number of halogens is 1. The minimum atomic E-state index is -0.997. The van der Waals surface area contributed by atoms with Crippen LogP contribution >= 0.6 is 0 Å². The molecular formula is C8H14FNO2. The summed E-state index contributed by atoms with van der Waals surface area (Å²) in [5.41, 5.74) is 0. The van der Waals surface area contributed by atoms with Crippen LogP contribution < -0.4 is 5.32 Å². The second-order valence-electron chi connectivity index (χ2n) is 3.29. The van der Waals surface area contributed by atoms with Crippen molar-refractivity contribution in [3.05, 3.63) is 0 Å². The average Bonchev–Trinajstić information content (AvgIpc) is 2.35. The van der Waals surface area contributed by atoms with Gasteiger partial charge in [-0.2, -0.15) is 0 Å². The molecule has 0 aliphatic heterocycles. The summed E-state index contributed by atoms with van der Waals surface area (Å²) in [6.45, 7) is 1.40. The van der Waals surface area contributed by atoms with Crippen molar-refractivity contribution in [1.29, 1.82) is 0 Å². The Morgan fingerprint density at radius 3 is 2.75 bits per heavy atom. The number of carbonyl (C=O) groups excluding carboxylic acids is 1. The predicted octanol–water partition coefficient (Wildman–Crippen LogP) is 0.374. The second kappa shape index (κ2) is 3.85. The number of amides is 1. The van der Waals surface area contributed by atoms with Crippen molar-refractivity contribution in [1.82, 2.24) is 5.32 Å². The van der Waals surface area contributed by atoms with Gasteiger partial charge in [0.25, 0.3) is 0 Å². The topological polar surface area (TPSA) is 49.3 Å². The van der Waals surface area contributed by atoms with Crippen molar-refractivity contribution >= 4 is 5.91 Å². The highest BCUT2D eigenvalue weighted by Gasteiger charge is 2.26. The van der Waals surface area contributed by atoms with Crippen molar-refractivity contribution in [2.75, 3.05) is 0 Å². The molecule has 3 atom stereocenters. The van der Waals surface area contributed by atoms with E-state index in [-0.39, 0.29) is 6.04 Å². The van der Waals surface area contributed by atoms with Gasteiger partial charge in [-0.15, -0.1) is 0 Å². The lowest BCUT2D eigenvalue weighted by molar-refractivity contribution is -0.129. The zero-order chi connectivity index (χ0) is 9.14. The third kappa shape index (κ3) is 2.44. The molecule has 2 N–H and O–H groups in total. The molecule has 0 radical (unpaired) electrons. The van der Waals surface area contributed by atoms with Crippen molar-refractivity contribution in [2.24, 2.45) is 0 Å². The Labute approximate surface area is 71.0 Å². The maximum atomic E-state index is 12.6. The number of hydrogen-bond acceptors (Lipinski definition) is 2. The molecule has 1 amide bonds. The molecule has 1 saturated carbocycles. The first kappa shape index (κ1) is 9.45. The van der Waals surface area contributed by atoms with Crippen molar-refractivity contribution in [3.8, 4) is 0 Å². The maximum absolute atomic E-state index is 12.6. The summed E-state index contributed by atoms with van der Waals surface area (Å²) >= 11 is 0. The number of carbonyl (C=O) groups is 1. The van der Waals surface area contributed by atoms with Gasteiger partial charge in [0, 0.05) is 6.04 Å². The Balaban J connectivity index is 2.28. The van der Waals surface area contributed by atoms with Crippen molar-refractivity contribution in [2.45, 2.75) is 44.5 Å². The minimum absolute atomic E-state index is 0.0814. The fourth-order valence-electron chi connectivity index (χ4n) is 1.38. The van der Waals surface area contributed by atoms with Crippen LogP contribution in [0.1, 0.15) is 26.2 Å². The Morgan fingerprint density at radius 1 is 1.67 bits per heavy atom. The molecule has 70 valence electrons. The largest absolute Gasteiger partial charge is 0.384 e. The average molecular weight is 175 g/mol. The van der Waals surface area contributed by atoms with Crippen LogP contribution in [-0.2, 0) is 4.79 Å². The lowest BCUT2D eigenvalue weighted by Crippen LogP contribution is -2.39. The van der Waals surface area contributed by atoms with E-state index in [1.165, 1.54) is 6.92 Å². The molecular weight excluding hydrogens is 161 g/mol. The Morgan fingerprint density at radius 2 is 2.33 bits per heavy atom. The number of rotatable bonds is 2. The van der Waals surface area contributed by atoms with Gasteiger partial charge in [0.1, 0.15) is 12.3 Å². The van der Waals surface area contributed by atoms with E-state index in [2.05, 4.69) is 5.32 Å². The van der Waals surface area contributed by atoms with Gasteiger partial charge in [-0.1, -0.05) is 0 Å². The van der Waals surface area contributed by atoms with Crippen LogP contribution in [0.4, 0.5) is 4.39 Å². The fourth-order valence-corrected chi connectivity index (χ4v) is 1.38. The van der Waals surface area contributed by atoms with Gasteiger partial charge in [0.05, 0.1) is 0 Å². The highest BCUT2D eigenvalue weighted by molar-refractivity contribution is 5.80. The summed E-state index contributed by atoms with van der Waals surface area (Å²) in [4.78, 5) is 10.9. The molecule has 1 fully saturated rings. The Hall–Kier alpha value is -0.640. The van der Waals surface area contributed by atoms with Gasteiger partial charge in [0.15, 0.2) is 0 Å². The summed E-state index contributed by atoms with van der Waals surface area (Å²) in [6.07, 6.45) is -0.198. The SMILES string of the molecule is CC(O)C(=O)NC1CCC(F)C1. The minimum Gasteiger partial charge on any atom is -0.384 e. The standard InChI is InChI=1S/C8H14FNO2/c1-5(11)8(12)10-7-3-2-6(9)4-7/h5-7,11H,2-4H2,1H3,(H,10,12). The number of aliphatic hydroxyl groups excluding tert-OH is 1. The summed E-state index contributed by atoms with van der Waals surface area (Å²) < 4.78 is 12.6. The normalized spacial score (nSPS) is 31.6. The molecule has 4 heteroatoms. The molecule has 0 aromatic carbocycles. The molecule has 0 aromatic rings. The van der Waals surface area contributed by atoms with Crippen LogP contribution in [0, 0.1) is 0 Å². The highest BCUT2D eigenvalue weighted by atomic mass is 19.1. The molecule has 1 aliphatic carbocycles. The van der Waals surface area contributed by atoms with Crippen LogP contribution in [0.25, 0.3) is 0 Å². The lowest BCUT2D eigenvalue weighted by atomic mass is 10.2. The third-order valence-corrected chi connectivity index (χ3v) is 2.09. The summed E-state index contributed by atoms with van der Waals surface area (Å²) in [5.74, 6) is -0.408. The van der Waals surface area contributed by atoms with Crippen LogP contribution in [0.15, 0.2) is 0 Å². The second-order valence-corrected chi connectivity index (χ2v) is 3.29. The first-order valence-electron chi connectivity index (χ1n) is 4.22. The molecule has 3 nitrogen and oxygen atoms in total. The van der Waals surface area contributed by atoms with E-state index >= 15 is 0 Å². The molecule has 1 rings (SSSR count). The summed E-state index contributed by atoms with van der Waals surface area (Å²) in [7, 11) is 0. The molecule has 3 unspecified atom stereocenters. The van der Waals surface area contributed by atoms with Gasteiger partial charge in [0.2, 0.25) is 5.91 Å². The van der Waals surface area contributed by atoms with Crippen molar-refractivity contribution in [3.63, 3.8) is 0 Å². The lowest BCUT2D eigenvalue weighted by Gasteiger charge is -2.12. The van der Waals surface area contributed by atoms with E-state index in [4.69, 9.17) is 5.11 Å². The third-order valence-electron chi connectivity index (χ3n) is 2.09. The molecule has 0 bridgehead atoms. The van der Waals surface area contributed by atoms with Gasteiger partial charge in [-0.3, -0.25) is 4.79 Å². The first-order chi connectivity index (χ1) is 5.59. The smallest absolute Gasteiger partial charge is 0.248 e. The molecule has 1 aliphatic rings. The molecule has 0 spiro atoms. The molecule has 0 heterocycles. The van der Waals surface area contributed by atoms with Crippen LogP contribution in [-0.4, -0.2) is 29.3 Å². The van der Waals surface area contributed by atoms with E-state index in [9.17, 15) is 9.18 Å². The van der Waals surface area contributed by atoms with Crippen LogP contribution in [0.2, 0.25) is 0 Å².